The topological polar surface area (TPSA) is 102 Å². The number of nitrogens with one attached hydrogen (secondary N) is 2. The highest BCUT2D eigenvalue weighted by Crippen LogP contribution is 2.23. The number of aryl methyl sites for hydroxylation is 3. The Morgan fingerprint density at radius 3 is 2.17 bits per heavy atom. The fraction of sp³-hybridized carbons (Fsp3) is 0.222. The molecular weight excluding hydrogens is 455 g/mol. The quantitative estimate of drug-likeness (QED) is 0.390. The van der Waals surface area contributed by atoms with Crippen LogP contribution in [0.1, 0.15) is 51.3 Å². The molecule has 0 atom stereocenters. The zero-order chi connectivity index (χ0) is 26.1. The minimum atomic E-state index is -1.22. The molecule has 1 aliphatic heterocycles. The average Bonchev–Trinajstić information content (AvgIpc) is 2.82. The molecule has 3 aromatic rings. The van der Waals surface area contributed by atoms with Gasteiger partial charge in [-0.3, -0.25) is 15.0 Å². The van der Waals surface area contributed by atoms with Crippen LogP contribution in [0.5, 0.6) is 0 Å². The first kappa shape index (κ1) is 25.0. The molecule has 0 aliphatic carbocycles. The van der Waals surface area contributed by atoms with E-state index >= 15 is 0 Å². The Balaban J connectivity index is 1.57. The van der Waals surface area contributed by atoms with E-state index in [1.54, 1.807) is 36.4 Å². The van der Waals surface area contributed by atoms with E-state index in [0.717, 1.165) is 16.7 Å². The molecule has 0 fully saturated rings. The van der Waals surface area contributed by atoms with Crippen molar-refractivity contribution in [1.29, 1.82) is 0 Å². The van der Waals surface area contributed by atoms with Crippen molar-refractivity contribution in [3.63, 3.8) is 0 Å². The number of benzene rings is 3. The fourth-order valence-corrected chi connectivity index (χ4v) is 4.25. The highest BCUT2D eigenvalue weighted by molar-refractivity contribution is 6.77. The largest absolute Gasteiger partial charge is 0.459 e. The van der Waals surface area contributed by atoms with Gasteiger partial charge in [-0.05, 0) is 76.5 Å². The van der Waals surface area contributed by atoms with E-state index in [-0.39, 0.29) is 17.5 Å². The molecule has 0 radical (unpaired) electrons. The summed E-state index contributed by atoms with van der Waals surface area (Å²) in [7, 11) is -1.22. The Labute approximate surface area is 211 Å². The molecule has 0 spiro atoms. The van der Waals surface area contributed by atoms with E-state index in [0.29, 0.717) is 22.4 Å². The highest BCUT2D eigenvalue weighted by atomic mass is 16.2. The summed E-state index contributed by atoms with van der Waals surface area (Å²) in [6.07, 6.45) is 0. The van der Waals surface area contributed by atoms with E-state index in [1.165, 1.54) is 15.9 Å². The lowest BCUT2D eigenvalue weighted by molar-refractivity contribution is 0.0516. The van der Waals surface area contributed by atoms with Crippen molar-refractivity contribution in [2.75, 3.05) is 10.1 Å². The van der Waals surface area contributed by atoms with E-state index < -0.39 is 19.0 Å². The van der Waals surface area contributed by atoms with Crippen molar-refractivity contribution < 1.29 is 19.4 Å². The molecule has 0 unspecified atom stereocenters. The number of anilines is 2. The molecule has 1 heterocycles. The molecule has 4 rings (SSSR count). The van der Waals surface area contributed by atoms with Gasteiger partial charge < -0.3 is 15.2 Å². The second-order valence-electron chi connectivity index (χ2n) is 9.40. The normalized spacial score (nSPS) is 12.8. The number of urea groups is 1. The van der Waals surface area contributed by atoms with Crippen LogP contribution < -0.4 is 21.0 Å². The number of rotatable bonds is 4. The van der Waals surface area contributed by atoms with Crippen molar-refractivity contribution in [3.05, 3.63) is 88.5 Å². The summed E-state index contributed by atoms with van der Waals surface area (Å²) < 4.78 is 0. The van der Waals surface area contributed by atoms with E-state index in [1.807, 2.05) is 52.8 Å². The number of hydrogen-bond acceptors (Lipinski definition) is 4. The maximum atomic E-state index is 13.2. The second kappa shape index (κ2) is 9.87. The number of hydrazine groups is 1. The molecule has 3 N–H and O–H groups in total. The van der Waals surface area contributed by atoms with Gasteiger partial charge in [-0.2, -0.15) is 0 Å². The van der Waals surface area contributed by atoms with Crippen LogP contribution >= 0.6 is 0 Å². The lowest BCUT2D eigenvalue weighted by atomic mass is 9.68. The summed E-state index contributed by atoms with van der Waals surface area (Å²) >= 11 is 0. The Hall–Kier alpha value is -4.11. The Kier molecular flexibility index (Phi) is 6.85. The molecule has 4 amide bonds. The van der Waals surface area contributed by atoms with Crippen LogP contribution in [0.4, 0.5) is 16.2 Å². The van der Waals surface area contributed by atoms with Crippen LogP contribution in [0.25, 0.3) is 0 Å². The van der Waals surface area contributed by atoms with Crippen molar-refractivity contribution in [2.24, 2.45) is 0 Å². The monoisotopic (exact) mass is 484 g/mol. The molecule has 9 heteroatoms. The summed E-state index contributed by atoms with van der Waals surface area (Å²) in [6, 6.07) is 16.6. The third-order valence-electron chi connectivity index (χ3n) is 6.04. The minimum Gasteiger partial charge on any atom is -0.428 e. The lowest BCUT2D eigenvalue weighted by Gasteiger charge is -2.32. The third kappa shape index (κ3) is 4.97. The highest BCUT2D eigenvalue weighted by Gasteiger charge is 2.37. The third-order valence-corrected chi connectivity index (χ3v) is 6.04. The van der Waals surface area contributed by atoms with Crippen LogP contribution in [-0.4, -0.2) is 41.0 Å². The van der Waals surface area contributed by atoms with Crippen molar-refractivity contribution in [2.45, 2.75) is 40.7 Å². The number of carbonyl (C=O) groups is 3. The smallest absolute Gasteiger partial charge is 0.428 e. The molecule has 3 aromatic carbocycles. The van der Waals surface area contributed by atoms with Crippen molar-refractivity contribution >= 4 is 41.7 Å². The molecule has 0 aromatic heterocycles. The van der Waals surface area contributed by atoms with Gasteiger partial charge in [0.2, 0.25) is 0 Å². The zero-order valence-electron chi connectivity index (χ0n) is 21.0. The van der Waals surface area contributed by atoms with Gasteiger partial charge >= 0.3 is 13.1 Å². The summed E-state index contributed by atoms with van der Waals surface area (Å²) in [4.78, 5) is 40.3. The molecule has 0 bridgehead atoms. The maximum absolute atomic E-state index is 13.2. The standard InChI is InChI=1S/C27H29BN4O4/c1-16(2)32(26(34)21-13-18(4)12-19(5)14-21)30-25(33)20-8-11-23-24(15-20)29-27(35)31(28(23)36)22-9-6-17(3)7-10-22/h6-16,36H,1-5H3,(H,29,35)(H,30,33). The van der Waals surface area contributed by atoms with Crippen LogP contribution in [0.2, 0.25) is 0 Å². The number of hydrogen-bond donors (Lipinski definition) is 3. The van der Waals surface area contributed by atoms with Crippen molar-refractivity contribution in [1.82, 2.24) is 10.4 Å². The SMILES string of the molecule is Cc1ccc(N2B(O)c3ccc(C(=O)NN(C(=O)c4cc(C)cc(C)c4)C(C)C)cc3NC2=O)cc1. The Bertz CT molecular complexity index is 1320. The molecule has 0 saturated heterocycles. The number of nitrogens with zero attached hydrogens (tertiary/aromatic N) is 2. The maximum Gasteiger partial charge on any atom is 0.459 e. The summed E-state index contributed by atoms with van der Waals surface area (Å²) in [5.41, 5.74) is 7.71. The van der Waals surface area contributed by atoms with Gasteiger partial charge in [-0.1, -0.05) is 41.0 Å². The van der Waals surface area contributed by atoms with E-state index in [4.69, 9.17) is 0 Å². The molecule has 36 heavy (non-hydrogen) atoms. The molecule has 184 valence electrons. The van der Waals surface area contributed by atoms with Gasteiger partial charge in [0.1, 0.15) is 0 Å². The van der Waals surface area contributed by atoms with Gasteiger partial charge in [0.15, 0.2) is 0 Å². The summed E-state index contributed by atoms with van der Waals surface area (Å²) in [5.74, 6) is -0.825. The Morgan fingerprint density at radius 2 is 1.56 bits per heavy atom. The summed E-state index contributed by atoms with van der Waals surface area (Å²) in [5, 5.41) is 15.0. The lowest BCUT2D eigenvalue weighted by Crippen LogP contribution is -2.58. The van der Waals surface area contributed by atoms with E-state index in [2.05, 4.69) is 10.7 Å². The Morgan fingerprint density at radius 1 is 0.917 bits per heavy atom. The van der Waals surface area contributed by atoms with Gasteiger partial charge in [0, 0.05) is 28.5 Å². The minimum absolute atomic E-state index is 0.240. The van der Waals surface area contributed by atoms with Crippen LogP contribution in [0, 0.1) is 20.8 Å². The molecule has 8 nitrogen and oxygen atoms in total. The molecule has 1 aliphatic rings. The first-order valence-electron chi connectivity index (χ1n) is 11.8. The molecule has 0 saturated carbocycles. The van der Waals surface area contributed by atoms with E-state index in [9.17, 15) is 19.4 Å². The average molecular weight is 484 g/mol. The van der Waals surface area contributed by atoms with Gasteiger partial charge in [0.05, 0.1) is 0 Å². The number of amides is 4. The van der Waals surface area contributed by atoms with Gasteiger partial charge in [-0.15, -0.1) is 0 Å². The zero-order valence-corrected chi connectivity index (χ0v) is 21.0. The first-order chi connectivity index (χ1) is 17.0. The predicted octanol–water partition coefficient (Wildman–Crippen LogP) is 3.55. The number of fused-ring (bicyclic) bond motifs is 1. The van der Waals surface area contributed by atoms with Gasteiger partial charge in [-0.25, -0.2) is 9.80 Å². The van der Waals surface area contributed by atoms with Gasteiger partial charge in [0.25, 0.3) is 11.8 Å². The molecular formula is C27H29BN4O4. The first-order valence-corrected chi connectivity index (χ1v) is 11.8. The van der Waals surface area contributed by atoms with Crippen LogP contribution in [-0.2, 0) is 0 Å². The van der Waals surface area contributed by atoms with Crippen LogP contribution in [0.3, 0.4) is 0 Å². The summed E-state index contributed by atoms with van der Waals surface area (Å²) in [6.45, 7) is 9.39. The van der Waals surface area contributed by atoms with Crippen LogP contribution in [0.15, 0.2) is 60.7 Å². The number of carbonyl (C=O) groups excluding carboxylic acids is 3. The second-order valence-corrected chi connectivity index (χ2v) is 9.40. The predicted molar refractivity (Wildman–Crippen MR) is 141 cm³/mol. The fourth-order valence-electron chi connectivity index (χ4n) is 4.25. The van der Waals surface area contributed by atoms with Crippen molar-refractivity contribution in [3.8, 4) is 0 Å².